The number of carbonyl (C=O) groups is 3. The van der Waals surface area contributed by atoms with Crippen LogP contribution in [0.25, 0.3) is 0 Å². The van der Waals surface area contributed by atoms with E-state index in [1.165, 1.54) is 4.90 Å². The number of esters is 1. The molecule has 1 aromatic heterocycles. The highest BCUT2D eigenvalue weighted by Crippen LogP contribution is 2.39. The lowest BCUT2D eigenvalue weighted by molar-refractivity contribution is -0.149. The molecule has 2 fully saturated rings. The van der Waals surface area contributed by atoms with Crippen molar-refractivity contribution in [1.82, 2.24) is 24.8 Å². The Bertz CT molecular complexity index is 1020. The molecule has 32 heavy (non-hydrogen) atoms. The second-order valence-electron chi connectivity index (χ2n) is 7.91. The third-order valence-electron chi connectivity index (χ3n) is 5.86. The van der Waals surface area contributed by atoms with Crippen LogP contribution >= 0.6 is 0 Å². The number of amides is 3. The summed E-state index contributed by atoms with van der Waals surface area (Å²) in [6.45, 7) is -0.730. The van der Waals surface area contributed by atoms with E-state index < -0.39 is 24.1 Å². The average molecular weight is 439 g/mol. The number of hydrogen-bond donors (Lipinski definition) is 2. The minimum Gasteiger partial charge on any atom is -0.456 e. The summed E-state index contributed by atoms with van der Waals surface area (Å²) >= 11 is 0. The number of nitrogens with zero attached hydrogens (tertiary/aromatic N) is 5. The summed E-state index contributed by atoms with van der Waals surface area (Å²) < 4.78 is 5.22. The van der Waals surface area contributed by atoms with Crippen LogP contribution in [0.15, 0.2) is 30.3 Å². The van der Waals surface area contributed by atoms with Crippen LogP contribution in [-0.2, 0) is 20.9 Å². The lowest BCUT2D eigenvalue weighted by atomic mass is 9.81. The van der Waals surface area contributed by atoms with Crippen molar-refractivity contribution in [3.8, 4) is 0 Å². The molecule has 1 spiro atoms. The van der Waals surface area contributed by atoms with Crippen molar-refractivity contribution < 1.29 is 19.1 Å². The van der Waals surface area contributed by atoms with Crippen LogP contribution < -0.4 is 11.1 Å². The summed E-state index contributed by atoms with van der Waals surface area (Å²) in [5.41, 5.74) is 5.66. The van der Waals surface area contributed by atoms with Gasteiger partial charge in [-0.1, -0.05) is 37.5 Å². The first kappa shape index (κ1) is 21.5. The fraction of sp³-hybridized carbons (Fsp3) is 0.429. The van der Waals surface area contributed by atoms with E-state index in [1.54, 1.807) is 7.05 Å². The smallest absolute Gasteiger partial charge is 0.327 e. The number of nitrogens with one attached hydrogen (secondary N) is 1. The number of likely N-dealkylation sites (N-methyl/N-ethyl adjacent to an activating group) is 1. The second-order valence-corrected chi connectivity index (χ2v) is 7.91. The van der Waals surface area contributed by atoms with Gasteiger partial charge in [-0.3, -0.25) is 14.5 Å². The fourth-order valence-electron chi connectivity index (χ4n) is 4.20. The van der Waals surface area contributed by atoms with Gasteiger partial charge >= 0.3 is 12.0 Å². The van der Waals surface area contributed by atoms with Gasteiger partial charge in [0.2, 0.25) is 11.9 Å². The zero-order valence-corrected chi connectivity index (χ0v) is 17.8. The maximum Gasteiger partial charge on any atom is 0.327 e. The Morgan fingerprint density at radius 2 is 1.84 bits per heavy atom. The van der Waals surface area contributed by atoms with Crippen LogP contribution in [0.2, 0.25) is 0 Å². The molecule has 1 saturated carbocycles. The number of imide groups is 1. The minimum absolute atomic E-state index is 0.0322. The molecule has 168 valence electrons. The topological polar surface area (TPSA) is 144 Å². The number of nitrogen functional groups attached to an aromatic ring is 1. The van der Waals surface area contributed by atoms with Gasteiger partial charge < -0.3 is 20.7 Å². The lowest BCUT2D eigenvalue weighted by Gasteiger charge is -2.35. The van der Waals surface area contributed by atoms with E-state index in [4.69, 9.17) is 10.5 Å². The van der Waals surface area contributed by atoms with E-state index in [2.05, 4.69) is 20.3 Å². The highest BCUT2D eigenvalue weighted by atomic mass is 16.5. The SMILES string of the molecule is CN1C(=O)N(CC(=O)OCc2nc(N)nc(Nc3ccccc3)n2)C(=O)C12CCCCC2. The van der Waals surface area contributed by atoms with Crippen molar-refractivity contribution in [3.05, 3.63) is 36.2 Å². The summed E-state index contributed by atoms with van der Waals surface area (Å²) in [6.07, 6.45) is 4.01. The Hall–Kier alpha value is -3.76. The maximum absolute atomic E-state index is 13.0. The summed E-state index contributed by atoms with van der Waals surface area (Å²) in [5, 5.41) is 3.00. The van der Waals surface area contributed by atoms with E-state index in [0.717, 1.165) is 29.8 Å². The summed E-state index contributed by atoms with van der Waals surface area (Å²) in [5.74, 6) is -0.745. The van der Waals surface area contributed by atoms with Crippen molar-refractivity contribution in [1.29, 1.82) is 0 Å². The van der Waals surface area contributed by atoms with Gasteiger partial charge in [0.05, 0.1) is 0 Å². The molecule has 1 aliphatic heterocycles. The number of hydrogen-bond acceptors (Lipinski definition) is 9. The number of rotatable bonds is 6. The van der Waals surface area contributed by atoms with Gasteiger partial charge in [-0.15, -0.1) is 0 Å². The third-order valence-corrected chi connectivity index (χ3v) is 5.86. The van der Waals surface area contributed by atoms with Crippen molar-refractivity contribution in [2.75, 3.05) is 24.6 Å². The Kier molecular flexibility index (Phi) is 5.89. The zero-order chi connectivity index (χ0) is 22.7. The predicted molar refractivity (Wildman–Crippen MR) is 114 cm³/mol. The lowest BCUT2D eigenvalue weighted by Crippen LogP contribution is -2.49. The second kappa shape index (κ2) is 8.77. The van der Waals surface area contributed by atoms with Crippen molar-refractivity contribution in [2.45, 2.75) is 44.2 Å². The molecule has 3 N–H and O–H groups in total. The molecule has 0 radical (unpaired) electrons. The van der Waals surface area contributed by atoms with E-state index in [0.29, 0.717) is 12.8 Å². The molecule has 2 aromatic rings. The number of nitrogens with two attached hydrogens (primary N) is 1. The predicted octanol–water partition coefficient (Wildman–Crippen LogP) is 1.84. The summed E-state index contributed by atoms with van der Waals surface area (Å²) in [6, 6.07) is 8.77. The molecule has 1 aromatic carbocycles. The van der Waals surface area contributed by atoms with Crippen LogP contribution in [0.1, 0.15) is 37.9 Å². The number of para-hydroxylation sites is 1. The van der Waals surface area contributed by atoms with Crippen LogP contribution in [0.4, 0.5) is 22.4 Å². The molecular weight excluding hydrogens is 414 g/mol. The fourth-order valence-corrected chi connectivity index (χ4v) is 4.20. The van der Waals surface area contributed by atoms with E-state index >= 15 is 0 Å². The van der Waals surface area contributed by atoms with Gasteiger partial charge in [-0.05, 0) is 25.0 Å². The summed E-state index contributed by atoms with van der Waals surface area (Å²) in [7, 11) is 1.62. The molecule has 11 heteroatoms. The van der Waals surface area contributed by atoms with Crippen molar-refractivity contribution in [2.24, 2.45) is 0 Å². The minimum atomic E-state index is -0.837. The van der Waals surface area contributed by atoms with Gasteiger partial charge in [-0.25, -0.2) is 4.79 Å². The van der Waals surface area contributed by atoms with Crippen molar-refractivity contribution in [3.63, 3.8) is 0 Å². The Morgan fingerprint density at radius 3 is 2.56 bits per heavy atom. The quantitative estimate of drug-likeness (QED) is 0.509. The molecule has 0 unspecified atom stereocenters. The average Bonchev–Trinajstić information content (AvgIpc) is 2.95. The molecule has 0 bridgehead atoms. The highest BCUT2D eigenvalue weighted by molar-refractivity contribution is 6.08. The Morgan fingerprint density at radius 1 is 1.12 bits per heavy atom. The molecule has 0 atom stereocenters. The molecule has 1 aliphatic carbocycles. The largest absolute Gasteiger partial charge is 0.456 e. The van der Waals surface area contributed by atoms with E-state index in [9.17, 15) is 14.4 Å². The van der Waals surface area contributed by atoms with Crippen LogP contribution in [0.5, 0.6) is 0 Å². The Labute approximate surface area is 185 Å². The third kappa shape index (κ3) is 4.18. The molecule has 4 rings (SSSR count). The maximum atomic E-state index is 13.0. The van der Waals surface area contributed by atoms with E-state index in [-0.39, 0.29) is 30.2 Å². The van der Waals surface area contributed by atoms with Gasteiger partial charge in [0.1, 0.15) is 12.1 Å². The number of urea groups is 1. The first-order valence-corrected chi connectivity index (χ1v) is 10.5. The molecule has 2 heterocycles. The van der Waals surface area contributed by atoms with Crippen molar-refractivity contribution >= 4 is 35.5 Å². The number of aromatic nitrogens is 3. The summed E-state index contributed by atoms with van der Waals surface area (Å²) in [4.78, 5) is 52.6. The van der Waals surface area contributed by atoms with Gasteiger partial charge in [-0.2, -0.15) is 15.0 Å². The number of ether oxygens (including phenoxy) is 1. The molecule has 1 saturated heterocycles. The molecule has 11 nitrogen and oxygen atoms in total. The van der Waals surface area contributed by atoms with E-state index in [1.807, 2.05) is 30.3 Å². The first-order chi connectivity index (χ1) is 15.4. The Balaban J connectivity index is 1.38. The standard InChI is InChI=1S/C21H25N7O4/c1-27-20(31)28(17(30)21(27)10-6-3-7-11-21)12-16(29)32-13-15-24-18(22)26-19(25-15)23-14-8-4-2-5-9-14/h2,4-5,8-9H,3,6-7,10-13H2,1H3,(H3,22,23,24,25,26). The van der Waals surface area contributed by atoms with Gasteiger partial charge in [0.25, 0.3) is 5.91 Å². The highest BCUT2D eigenvalue weighted by Gasteiger charge is 2.55. The normalized spacial score (nSPS) is 17.7. The van der Waals surface area contributed by atoms with Crippen LogP contribution in [-0.4, -0.2) is 61.8 Å². The van der Waals surface area contributed by atoms with Crippen LogP contribution in [0, 0.1) is 0 Å². The van der Waals surface area contributed by atoms with Gasteiger partial charge in [0, 0.05) is 12.7 Å². The van der Waals surface area contributed by atoms with Crippen LogP contribution in [0.3, 0.4) is 0 Å². The molecule has 2 aliphatic rings. The van der Waals surface area contributed by atoms with Gasteiger partial charge in [0.15, 0.2) is 12.4 Å². The first-order valence-electron chi connectivity index (χ1n) is 10.5. The number of anilines is 3. The molecule has 3 amide bonds. The number of carbonyl (C=O) groups excluding carboxylic acids is 3. The monoisotopic (exact) mass is 439 g/mol. The molecular formula is C21H25N7O4. The number of benzene rings is 1. The zero-order valence-electron chi connectivity index (χ0n) is 17.8.